The lowest BCUT2D eigenvalue weighted by Gasteiger charge is -2.29. The van der Waals surface area contributed by atoms with Gasteiger partial charge in [0.2, 0.25) is 5.91 Å². The molecule has 0 radical (unpaired) electrons. The van der Waals surface area contributed by atoms with Gasteiger partial charge in [0, 0.05) is 62.5 Å². The topological polar surface area (TPSA) is 99.5 Å². The Morgan fingerprint density at radius 3 is 2.42 bits per heavy atom. The molecule has 3 aromatic rings. The average molecular weight is 662 g/mol. The normalized spacial score (nSPS) is 16.5. The standard InChI is InChI=1S/C38H51N3O7/c1-38(2,3)48-37(44)40(5)21-19-32(42)39(4)20-18-25-23-41-30-22-27(36(43)46-7)16-17-28(30)33(26-12-9-8-10-13-26)34(41)29-14-11-15-31(45-6)35(29)47-24-25/h11,14-17,22,25-26H,8-10,12-13,18-21,23-24H2,1-7H3/t25-/m1/s1. The fourth-order valence-electron chi connectivity index (χ4n) is 6.99. The number of amides is 2. The lowest BCUT2D eigenvalue weighted by Crippen LogP contribution is -2.37. The fraction of sp³-hybridized carbons (Fsp3) is 0.553. The summed E-state index contributed by atoms with van der Waals surface area (Å²) in [6.45, 7) is 7.35. The molecular formula is C38H51N3O7. The zero-order valence-corrected chi connectivity index (χ0v) is 29.6. The number of hydrogen-bond acceptors (Lipinski definition) is 7. The smallest absolute Gasteiger partial charge is 0.410 e. The summed E-state index contributed by atoms with van der Waals surface area (Å²) in [5, 5.41) is 1.15. The molecule has 1 atom stereocenters. The molecule has 1 saturated carbocycles. The van der Waals surface area contributed by atoms with Crippen LogP contribution in [0.25, 0.3) is 22.2 Å². The van der Waals surface area contributed by atoms with Gasteiger partial charge in [0.1, 0.15) is 5.60 Å². The monoisotopic (exact) mass is 661 g/mol. The zero-order chi connectivity index (χ0) is 34.6. The second-order valence-corrected chi connectivity index (χ2v) is 14.2. The van der Waals surface area contributed by atoms with E-state index in [0.717, 1.165) is 35.0 Å². The summed E-state index contributed by atoms with van der Waals surface area (Å²) in [5.74, 6) is 1.43. The van der Waals surface area contributed by atoms with Crippen molar-refractivity contribution >= 4 is 28.9 Å². The lowest BCUT2D eigenvalue weighted by molar-refractivity contribution is -0.130. The van der Waals surface area contributed by atoms with E-state index in [-0.39, 0.29) is 30.8 Å². The van der Waals surface area contributed by atoms with Crippen LogP contribution in [-0.4, -0.2) is 85.9 Å². The minimum absolute atomic E-state index is 0.0430. The van der Waals surface area contributed by atoms with E-state index in [0.29, 0.717) is 49.1 Å². The Balaban J connectivity index is 1.46. The molecule has 1 aliphatic carbocycles. The van der Waals surface area contributed by atoms with Crippen LogP contribution in [0.1, 0.15) is 87.6 Å². The van der Waals surface area contributed by atoms with E-state index in [2.05, 4.69) is 16.7 Å². The molecule has 2 heterocycles. The second kappa shape index (κ2) is 14.9. The molecule has 2 amide bonds. The van der Waals surface area contributed by atoms with Crippen molar-refractivity contribution < 1.29 is 33.3 Å². The minimum atomic E-state index is -0.598. The van der Waals surface area contributed by atoms with Crippen molar-refractivity contribution in [1.29, 1.82) is 0 Å². The second-order valence-electron chi connectivity index (χ2n) is 14.2. The number of para-hydroxylation sites is 1. The van der Waals surface area contributed by atoms with Gasteiger partial charge in [-0.05, 0) is 75.8 Å². The van der Waals surface area contributed by atoms with Crippen LogP contribution < -0.4 is 9.47 Å². The van der Waals surface area contributed by atoms with Gasteiger partial charge < -0.3 is 33.3 Å². The van der Waals surface area contributed by atoms with Crippen molar-refractivity contribution in [3.63, 3.8) is 0 Å². The van der Waals surface area contributed by atoms with Crippen LogP contribution in [0.3, 0.4) is 0 Å². The number of benzene rings is 2. The van der Waals surface area contributed by atoms with Crippen molar-refractivity contribution in [2.45, 2.75) is 83.8 Å². The Kier molecular flexibility index (Phi) is 10.9. The molecule has 0 spiro atoms. The highest BCUT2D eigenvalue weighted by atomic mass is 16.6. The van der Waals surface area contributed by atoms with E-state index < -0.39 is 11.7 Å². The highest BCUT2D eigenvalue weighted by Gasteiger charge is 2.32. The summed E-state index contributed by atoms with van der Waals surface area (Å²) in [6, 6.07) is 12.0. The SMILES string of the molecule is COC(=O)c1ccc2c(C3CCCCC3)c3n(c2c1)C[C@@H](CCN(C)C(=O)CCN(C)C(=O)OC(C)(C)C)COc1c(OC)cccc1-3. The molecule has 10 nitrogen and oxygen atoms in total. The molecule has 0 unspecified atom stereocenters. The number of fused-ring (bicyclic) bond motifs is 5. The summed E-state index contributed by atoms with van der Waals surface area (Å²) in [5.41, 5.74) is 4.34. The number of nitrogens with zero attached hydrogens (tertiary/aromatic N) is 3. The van der Waals surface area contributed by atoms with Gasteiger partial charge in [-0.3, -0.25) is 4.79 Å². The molecule has 0 N–H and O–H groups in total. The third kappa shape index (κ3) is 7.74. The summed E-state index contributed by atoms with van der Waals surface area (Å²) >= 11 is 0. The van der Waals surface area contributed by atoms with Gasteiger partial charge in [-0.15, -0.1) is 0 Å². The van der Waals surface area contributed by atoms with Gasteiger partial charge >= 0.3 is 12.1 Å². The molecule has 0 saturated heterocycles. The lowest BCUT2D eigenvalue weighted by atomic mass is 9.81. The first kappa shape index (κ1) is 35.1. The van der Waals surface area contributed by atoms with E-state index in [1.54, 1.807) is 26.1 Å². The number of aromatic nitrogens is 1. The molecule has 2 aromatic carbocycles. The molecule has 1 fully saturated rings. The summed E-state index contributed by atoms with van der Waals surface area (Å²) in [6.07, 6.45) is 6.31. The van der Waals surface area contributed by atoms with Crippen LogP contribution in [0.5, 0.6) is 11.5 Å². The molecular weight excluding hydrogens is 610 g/mol. The van der Waals surface area contributed by atoms with Crippen LogP contribution in [0, 0.1) is 5.92 Å². The minimum Gasteiger partial charge on any atom is -0.493 e. The number of rotatable bonds is 9. The number of ether oxygens (including phenoxy) is 4. The fourth-order valence-corrected chi connectivity index (χ4v) is 6.99. The Hall–Kier alpha value is -4.21. The molecule has 1 aliphatic heterocycles. The molecule has 260 valence electrons. The first-order chi connectivity index (χ1) is 22.9. The molecule has 0 bridgehead atoms. The average Bonchev–Trinajstić information content (AvgIpc) is 3.38. The highest BCUT2D eigenvalue weighted by Crippen LogP contribution is 2.49. The third-order valence-electron chi connectivity index (χ3n) is 9.56. The third-order valence-corrected chi connectivity index (χ3v) is 9.56. The summed E-state index contributed by atoms with van der Waals surface area (Å²) in [7, 11) is 6.52. The Morgan fingerprint density at radius 1 is 0.979 bits per heavy atom. The van der Waals surface area contributed by atoms with Crippen molar-refractivity contribution in [3.8, 4) is 22.8 Å². The molecule has 5 rings (SSSR count). The number of carbonyl (C=O) groups excluding carboxylic acids is 3. The first-order valence-corrected chi connectivity index (χ1v) is 17.1. The van der Waals surface area contributed by atoms with Crippen LogP contribution >= 0.6 is 0 Å². The number of esters is 1. The van der Waals surface area contributed by atoms with Gasteiger partial charge in [-0.25, -0.2) is 9.59 Å². The maximum Gasteiger partial charge on any atom is 0.410 e. The van der Waals surface area contributed by atoms with E-state index >= 15 is 0 Å². The highest BCUT2D eigenvalue weighted by molar-refractivity contribution is 5.99. The van der Waals surface area contributed by atoms with E-state index in [4.69, 9.17) is 18.9 Å². The molecule has 1 aromatic heterocycles. The first-order valence-electron chi connectivity index (χ1n) is 17.1. The maximum atomic E-state index is 13.1. The van der Waals surface area contributed by atoms with Gasteiger partial charge in [-0.2, -0.15) is 0 Å². The van der Waals surface area contributed by atoms with Crippen LogP contribution in [0.4, 0.5) is 4.79 Å². The van der Waals surface area contributed by atoms with E-state index in [1.807, 2.05) is 45.0 Å². The van der Waals surface area contributed by atoms with Crippen molar-refractivity contribution in [1.82, 2.24) is 14.4 Å². The zero-order valence-electron chi connectivity index (χ0n) is 29.6. The largest absolute Gasteiger partial charge is 0.493 e. The van der Waals surface area contributed by atoms with Gasteiger partial charge in [-0.1, -0.05) is 31.4 Å². The van der Waals surface area contributed by atoms with Crippen molar-refractivity contribution in [3.05, 3.63) is 47.5 Å². The van der Waals surface area contributed by atoms with Crippen LogP contribution in [-0.2, 0) is 20.8 Å². The van der Waals surface area contributed by atoms with Crippen molar-refractivity contribution in [2.24, 2.45) is 5.92 Å². The molecule has 2 aliphatic rings. The predicted molar refractivity (Wildman–Crippen MR) is 186 cm³/mol. The van der Waals surface area contributed by atoms with Crippen LogP contribution in [0.2, 0.25) is 0 Å². The Morgan fingerprint density at radius 2 is 1.73 bits per heavy atom. The molecule has 48 heavy (non-hydrogen) atoms. The van der Waals surface area contributed by atoms with Gasteiger partial charge in [0.15, 0.2) is 11.5 Å². The Bertz CT molecular complexity index is 1630. The summed E-state index contributed by atoms with van der Waals surface area (Å²) < 4.78 is 25.3. The van der Waals surface area contributed by atoms with E-state index in [1.165, 1.54) is 36.8 Å². The van der Waals surface area contributed by atoms with Gasteiger partial charge in [0.05, 0.1) is 32.1 Å². The maximum absolute atomic E-state index is 13.1. The van der Waals surface area contributed by atoms with Gasteiger partial charge in [0.25, 0.3) is 0 Å². The number of methoxy groups -OCH3 is 2. The predicted octanol–water partition coefficient (Wildman–Crippen LogP) is 7.27. The Labute approximate surface area is 284 Å². The number of hydrogen-bond donors (Lipinski definition) is 0. The number of carbonyl (C=O) groups is 3. The van der Waals surface area contributed by atoms with E-state index in [9.17, 15) is 14.4 Å². The molecule has 10 heteroatoms. The van der Waals surface area contributed by atoms with Crippen molar-refractivity contribution in [2.75, 3.05) is 48.0 Å². The quantitative estimate of drug-likeness (QED) is 0.223. The van der Waals surface area contributed by atoms with Crippen LogP contribution in [0.15, 0.2) is 36.4 Å². The summed E-state index contributed by atoms with van der Waals surface area (Å²) in [4.78, 5) is 41.4.